The fraction of sp³-hybridized carbons (Fsp3) is 0.222. The van der Waals surface area contributed by atoms with Crippen molar-refractivity contribution in [2.24, 2.45) is 5.10 Å². The number of methoxy groups -OCH3 is 1. The highest BCUT2D eigenvalue weighted by Crippen LogP contribution is 2.30. The number of carbonyl (C=O) groups excluding carboxylic acids is 1. The second kappa shape index (κ2) is 9.04. The number of aryl methyl sites for hydroxylation is 1. The first kappa shape index (κ1) is 20.2. The summed E-state index contributed by atoms with van der Waals surface area (Å²) in [4.78, 5) is 11.2. The van der Waals surface area contributed by atoms with E-state index in [1.54, 1.807) is 25.1 Å². The summed E-state index contributed by atoms with van der Waals surface area (Å²) < 4.78 is 39.9. The molecule has 144 valence electrons. The third-order valence-electron chi connectivity index (χ3n) is 3.34. The molecule has 1 N–H and O–H groups in total. The highest BCUT2D eigenvalue weighted by Gasteiger charge is 2.19. The first-order chi connectivity index (χ1) is 12.9. The topological polar surface area (TPSA) is 103 Å². The van der Waals surface area contributed by atoms with E-state index in [1.165, 1.54) is 37.6 Å². The average Bonchev–Trinajstić information content (AvgIpc) is 2.63. The summed E-state index contributed by atoms with van der Waals surface area (Å²) in [5.74, 6) is 0.236. The van der Waals surface area contributed by atoms with Crippen LogP contribution in [0.5, 0.6) is 11.5 Å². The van der Waals surface area contributed by atoms with Gasteiger partial charge in [-0.25, -0.2) is 10.2 Å². The van der Waals surface area contributed by atoms with Gasteiger partial charge < -0.3 is 13.7 Å². The van der Waals surface area contributed by atoms with Crippen LogP contribution in [0.3, 0.4) is 0 Å². The van der Waals surface area contributed by atoms with Gasteiger partial charge in [0.15, 0.2) is 11.5 Å². The molecular weight excluding hydrogens is 372 g/mol. The Labute approximate surface area is 157 Å². The summed E-state index contributed by atoms with van der Waals surface area (Å²) >= 11 is 0. The number of nitrogens with one attached hydrogen (secondary N) is 1. The minimum Gasteiger partial charge on any atom is -0.493 e. The van der Waals surface area contributed by atoms with Crippen LogP contribution in [-0.4, -0.2) is 34.4 Å². The Kier molecular flexibility index (Phi) is 6.78. The minimum atomic E-state index is -4.00. The second-order valence-corrected chi connectivity index (χ2v) is 6.90. The number of nitrogens with zero attached hydrogens (tertiary/aromatic N) is 1. The highest BCUT2D eigenvalue weighted by molar-refractivity contribution is 7.87. The van der Waals surface area contributed by atoms with Crippen LogP contribution in [0.1, 0.15) is 18.1 Å². The molecule has 0 aliphatic heterocycles. The normalized spacial score (nSPS) is 11.2. The summed E-state index contributed by atoms with van der Waals surface area (Å²) in [6, 6.07) is 10.8. The smallest absolute Gasteiger partial charge is 0.427 e. The van der Waals surface area contributed by atoms with Crippen molar-refractivity contribution in [3.05, 3.63) is 53.6 Å². The maximum atomic E-state index is 12.4. The van der Waals surface area contributed by atoms with Gasteiger partial charge in [-0.3, -0.25) is 0 Å². The molecule has 0 aromatic heterocycles. The lowest BCUT2D eigenvalue weighted by molar-refractivity contribution is 0.152. The summed E-state index contributed by atoms with van der Waals surface area (Å²) in [6.07, 6.45) is 0.683. The van der Waals surface area contributed by atoms with Gasteiger partial charge in [-0.05, 0) is 49.7 Å². The van der Waals surface area contributed by atoms with E-state index in [0.717, 1.165) is 5.56 Å². The Bertz CT molecular complexity index is 923. The van der Waals surface area contributed by atoms with Gasteiger partial charge >= 0.3 is 16.2 Å². The van der Waals surface area contributed by atoms with E-state index >= 15 is 0 Å². The lowest BCUT2D eigenvalue weighted by Crippen LogP contribution is -2.18. The number of rotatable bonds is 7. The van der Waals surface area contributed by atoms with Crippen molar-refractivity contribution >= 4 is 22.4 Å². The van der Waals surface area contributed by atoms with E-state index in [0.29, 0.717) is 5.56 Å². The van der Waals surface area contributed by atoms with Crippen LogP contribution >= 0.6 is 0 Å². The van der Waals surface area contributed by atoms with Crippen LogP contribution in [0.4, 0.5) is 4.79 Å². The van der Waals surface area contributed by atoms with Crippen LogP contribution < -0.4 is 14.3 Å². The highest BCUT2D eigenvalue weighted by atomic mass is 32.2. The summed E-state index contributed by atoms with van der Waals surface area (Å²) in [5, 5.41) is 3.73. The van der Waals surface area contributed by atoms with Gasteiger partial charge in [0.05, 0.1) is 19.9 Å². The molecule has 1 amide bonds. The largest absolute Gasteiger partial charge is 0.493 e. The van der Waals surface area contributed by atoms with Crippen molar-refractivity contribution in [2.75, 3.05) is 13.7 Å². The molecule has 9 heteroatoms. The summed E-state index contributed by atoms with van der Waals surface area (Å²) in [6.45, 7) is 3.77. The van der Waals surface area contributed by atoms with Crippen LogP contribution in [0.2, 0.25) is 0 Å². The Balaban J connectivity index is 2.17. The Morgan fingerprint density at radius 1 is 1.15 bits per heavy atom. The molecule has 0 aliphatic rings. The van der Waals surface area contributed by atoms with Gasteiger partial charge in [-0.1, -0.05) is 17.7 Å². The summed E-state index contributed by atoms with van der Waals surface area (Å²) in [7, 11) is -2.61. The Morgan fingerprint density at radius 2 is 1.85 bits per heavy atom. The number of hydrogen-bond donors (Lipinski definition) is 1. The van der Waals surface area contributed by atoms with Gasteiger partial charge in [0.1, 0.15) is 4.90 Å². The molecular formula is C18H20N2O6S. The SMILES string of the molecule is CCOC(=O)N/N=C\c1ccc(OS(=O)(=O)c2ccc(C)cc2)c(OC)c1. The molecule has 0 heterocycles. The number of benzene rings is 2. The van der Waals surface area contributed by atoms with E-state index in [2.05, 4.69) is 15.3 Å². The van der Waals surface area contributed by atoms with Crippen molar-refractivity contribution in [1.82, 2.24) is 5.43 Å². The van der Waals surface area contributed by atoms with Gasteiger partial charge in [-0.15, -0.1) is 0 Å². The molecule has 2 aromatic rings. The van der Waals surface area contributed by atoms with E-state index in [1.807, 2.05) is 6.92 Å². The number of hydrogen-bond acceptors (Lipinski definition) is 7. The van der Waals surface area contributed by atoms with Crippen LogP contribution in [0.25, 0.3) is 0 Å². The average molecular weight is 392 g/mol. The maximum Gasteiger partial charge on any atom is 0.427 e. The summed E-state index contributed by atoms with van der Waals surface area (Å²) in [5.41, 5.74) is 3.68. The van der Waals surface area contributed by atoms with E-state index in [-0.39, 0.29) is 23.0 Å². The quantitative estimate of drug-likeness (QED) is 0.441. The molecule has 0 saturated carbocycles. The Morgan fingerprint density at radius 3 is 2.48 bits per heavy atom. The molecule has 27 heavy (non-hydrogen) atoms. The van der Waals surface area contributed by atoms with Crippen LogP contribution in [0, 0.1) is 6.92 Å². The molecule has 0 atom stereocenters. The van der Waals surface area contributed by atoms with Crippen molar-refractivity contribution in [3.8, 4) is 11.5 Å². The molecule has 8 nitrogen and oxygen atoms in total. The molecule has 2 rings (SSSR count). The first-order valence-corrected chi connectivity index (χ1v) is 9.41. The van der Waals surface area contributed by atoms with E-state index < -0.39 is 16.2 Å². The Hall–Kier alpha value is -3.07. The standard InChI is InChI=1S/C18H20N2O6S/c1-4-25-18(21)20-19-12-14-7-10-16(17(11-14)24-3)26-27(22,23)15-8-5-13(2)6-9-15/h5-12H,4H2,1-3H3,(H,20,21)/b19-12-. The molecule has 0 bridgehead atoms. The molecule has 0 aliphatic carbocycles. The van der Waals surface area contributed by atoms with Crippen molar-refractivity contribution in [3.63, 3.8) is 0 Å². The van der Waals surface area contributed by atoms with Crippen molar-refractivity contribution < 1.29 is 26.9 Å². The zero-order valence-electron chi connectivity index (χ0n) is 15.1. The minimum absolute atomic E-state index is 0.0357. The predicted octanol–water partition coefficient (Wildman–Crippen LogP) is 2.85. The van der Waals surface area contributed by atoms with Gasteiger partial charge in [-0.2, -0.15) is 13.5 Å². The number of carbonyl (C=O) groups is 1. The predicted molar refractivity (Wildman–Crippen MR) is 99.7 cm³/mol. The van der Waals surface area contributed by atoms with Crippen molar-refractivity contribution in [1.29, 1.82) is 0 Å². The fourth-order valence-corrected chi connectivity index (χ4v) is 2.97. The van der Waals surface area contributed by atoms with Crippen LogP contribution in [0.15, 0.2) is 52.5 Å². The third kappa shape index (κ3) is 5.71. The molecule has 0 saturated heterocycles. The molecule has 0 unspecified atom stereocenters. The van der Waals surface area contributed by atoms with Gasteiger partial charge in [0.25, 0.3) is 0 Å². The molecule has 0 fully saturated rings. The monoisotopic (exact) mass is 392 g/mol. The number of amides is 1. The fourth-order valence-electron chi connectivity index (χ4n) is 2.03. The molecule has 0 radical (unpaired) electrons. The number of hydrazone groups is 1. The van der Waals surface area contributed by atoms with Gasteiger partial charge in [0, 0.05) is 0 Å². The zero-order valence-corrected chi connectivity index (χ0v) is 15.9. The van der Waals surface area contributed by atoms with Crippen LogP contribution in [-0.2, 0) is 14.9 Å². The molecule has 0 spiro atoms. The van der Waals surface area contributed by atoms with Gasteiger partial charge in [0.2, 0.25) is 0 Å². The van der Waals surface area contributed by atoms with E-state index in [9.17, 15) is 13.2 Å². The lowest BCUT2D eigenvalue weighted by atomic mass is 10.2. The third-order valence-corrected chi connectivity index (χ3v) is 4.59. The van der Waals surface area contributed by atoms with E-state index in [4.69, 9.17) is 8.92 Å². The maximum absolute atomic E-state index is 12.4. The van der Waals surface area contributed by atoms with Crippen molar-refractivity contribution in [2.45, 2.75) is 18.7 Å². The lowest BCUT2D eigenvalue weighted by Gasteiger charge is -2.11. The first-order valence-electron chi connectivity index (χ1n) is 8.00. The second-order valence-electron chi connectivity index (χ2n) is 5.35. The number of ether oxygens (including phenoxy) is 2. The zero-order chi connectivity index (χ0) is 19.9. The molecule has 2 aromatic carbocycles.